The highest BCUT2D eigenvalue weighted by atomic mass is 16.1. The number of nitrogens with zero attached hydrogens (tertiary/aromatic N) is 1. The largest absolute Gasteiger partial charge is 0.397 e. The molecule has 0 aromatic heterocycles. The maximum absolute atomic E-state index is 10.7. The van der Waals surface area contributed by atoms with Crippen LogP contribution in [0.3, 0.4) is 0 Å². The molecule has 1 fully saturated rings. The molecule has 4 nitrogen and oxygen atoms in total. The predicted molar refractivity (Wildman–Crippen MR) is 65.2 cm³/mol. The lowest BCUT2D eigenvalue weighted by Crippen LogP contribution is -2.33. The predicted octanol–water partition coefficient (Wildman–Crippen LogP) is 1.48. The van der Waals surface area contributed by atoms with E-state index < -0.39 is 0 Å². The summed E-state index contributed by atoms with van der Waals surface area (Å²) in [4.78, 5) is 10.7. The molecule has 1 saturated carbocycles. The van der Waals surface area contributed by atoms with Crippen LogP contribution in [-0.2, 0) is 0 Å². The Balaban J connectivity index is 2.26. The fourth-order valence-electron chi connectivity index (χ4n) is 1.79. The van der Waals surface area contributed by atoms with Crippen LogP contribution in [0, 0.1) is 12.8 Å². The monoisotopic (exact) mass is 219 g/mol. The molecule has 1 aliphatic carbocycles. The Hall–Kier alpha value is -1.55. The maximum Gasteiger partial charge on any atom is 0.150 e. The van der Waals surface area contributed by atoms with E-state index in [9.17, 15) is 4.79 Å². The van der Waals surface area contributed by atoms with E-state index in [1.165, 1.54) is 12.8 Å². The first-order chi connectivity index (χ1) is 7.63. The Labute approximate surface area is 95.2 Å². The highest BCUT2D eigenvalue weighted by Gasteiger charge is 2.24. The van der Waals surface area contributed by atoms with E-state index >= 15 is 0 Å². The Morgan fingerprint density at radius 2 is 2.19 bits per heavy atom. The number of carbonyl (C=O) groups excluding carboxylic acids is 1. The van der Waals surface area contributed by atoms with Gasteiger partial charge in [0.15, 0.2) is 0 Å². The van der Waals surface area contributed by atoms with Gasteiger partial charge in [-0.05, 0) is 43.4 Å². The van der Waals surface area contributed by atoms with E-state index in [2.05, 4.69) is 0 Å². The third-order valence-corrected chi connectivity index (χ3v) is 3.12. The average Bonchev–Trinajstić information content (AvgIpc) is 3.05. The van der Waals surface area contributed by atoms with Crippen molar-refractivity contribution in [2.45, 2.75) is 19.8 Å². The summed E-state index contributed by atoms with van der Waals surface area (Å²) in [5.41, 5.74) is 8.83. The summed E-state index contributed by atoms with van der Waals surface area (Å²) in [5, 5.41) is 1.69. The van der Waals surface area contributed by atoms with Crippen LogP contribution in [0.15, 0.2) is 12.1 Å². The molecule has 4 heteroatoms. The second-order valence-electron chi connectivity index (χ2n) is 4.43. The molecule has 1 aromatic rings. The van der Waals surface area contributed by atoms with Gasteiger partial charge in [0.2, 0.25) is 0 Å². The molecule has 0 aliphatic heterocycles. The van der Waals surface area contributed by atoms with Gasteiger partial charge in [0.05, 0.1) is 11.4 Å². The van der Waals surface area contributed by atoms with Gasteiger partial charge in [-0.15, -0.1) is 0 Å². The van der Waals surface area contributed by atoms with E-state index in [4.69, 9.17) is 11.6 Å². The van der Waals surface area contributed by atoms with E-state index in [0.29, 0.717) is 17.2 Å². The first-order valence-corrected chi connectivity index (χ1v) is 5.50. The molecule has 0 spiro atoms. The zero-order valence-corrected chi connectivity index (χ0v) is 9.44. The molecular weight excluding hydrogens is 202 g/mol. The molecule has 0 atom stereocenters. The fourth-order valence-corrected chi connectivity index (χ4v) is 1.79. The molecule has 0 bridgehead atoms. The van der Waals surface area contributed by atoms with Gasteiger partial charge in [-0.3, -0.25) is 4.79 Å². The topological polar surface area (TPSA) is 72.3 Å². The minimum absolute atomic E-state index is 0.604. The van der Waals surface area contributed by atoms with Crippen LogP contribution in [0.25, 0.3) is 0 Å². The summed E-state index contributed by atoms with van der Waals surface area (Å²) < 4.78 is 0. The Bertz CT molecular complexity index is 413. The summed E-state index contributed by atoms with van der Waals surface area (Å²) in [5.74, 6) is 6.67. The molecule has 86 valence electrons. The number of carbonyl (C=O) groups is 1. The third-order valence-electron chi connectivity index (χ3n) is 3.12. The van der Waals surface area contributed by atoms with Crippen molar-refractivity contribution in [3.63, 3.8) is 0 Å². The lowest BCUT2D eigenvalue weighted by Gasteiger charge is -2.21. The van der Waals surface area contributed by atoms with Gasteiger partial charge in [-0.1, -0.05) is 0 Å². The summed E-state index contributed by atoms with van der Waals surface area (Å²) in [6.07, 6.45) is 3.31. The Morgan fingerprint density at radius 1 is 1.50 bits per heavy atom. The molecule has 0 saturated heterocycles. The second-order valence-corrected chi connectivity index (χ2v) is 4.43. The zero-order chi connectivity index (χ0) is 11.7. The number of hydrogen-bond donors (Lipinski definition) is 2. The lowest BCUT2D eigenvalue weighted by molar-refractivity contribution is 0.112. The third kappa shape index (κ3) is 2.02. The molecule has 0 radical (unpaired) electrons. The molecular formula is C12H17N3O. The summed E-state index contributed by atoms with van der Waals surface area (Å²) >= 11 is 0. The molecule has 1 aromatic carbocycles. The fraction of sp³-hybridized carbons (Fsp3) is 0.417. The summed E-state index contributed by atoms with van der Waals surface area (Å²) in [6, 6.07) is 3.58. The number of hydrogen-bond acceptors (Lipinski definition) is 4. The molecule has 16 heavy (non-hydrogen) atoms. The lowest BCUT2D eigenvalue weighted by atomic mass is 10.1. The number of aldehydes is 1. The van der Waals surface area contributed by atoms with E-state index in [0.717, 1.165) is 24.1 Å². The van der Waals surface area contributed by atoms with Crippen molar-refractivity contribution < 1.29 is 4.79 Å². The van der Waals surface area contributed by atoms with Crippen LogP contribution in [0.2, 0.25) is 0 Å². The summed E-state index contributed by atoms with van der Waals surface area (Å²) in [7, 11) is 0. The second kappa shape index (κ2) is 4.14. The van der Waals surface area contributed by atoms with Crippen LogP contribution < -0.4 is 16.6 Å². The maximum atomic E-state index is 10.7. The van der Waals surface area contributed by atoms with Gasteiger partial charge in [-0.2, -0.15) is 0 Å². The highest BCUT2D eigenvalue weighted by Crippen LogP contribution is 2.33. The molecule has 1 aliphatic rings. The minimum atomic E-state index is 0.604. The Morgan fingerprint density at radius 3 is 2.75 bits per heavy atom. The van der Waals surface area contributed by atoms with E-state index in [-0.39, 0.29) is 0 Å². The van der Waals surface area contributed by atoms with Crippen molar-refractivity contribution in [3.05, 3.63) is 23.3 Å². The van der Waals surface area contributed by atoms with Crippen molar-refractivity contribution in [1.82, 2.24) is 0 Å². The number of anilines is 2. The number of nitrogen functional groups attached to an aromatic ring is 1. The highest BCUT2D eigenvalue weighted by molar-refractivity contribution is 5.84. The van der Waals surface area contributed by atoms with Gasteiger partial charge in [0.1, 0.15) is 6.29 Å². The smallest absolute Gasteiger partial charge is 0.150 e. The van der Waals surface area contributed by atoms with Gasteiger partial charge >= 0.3 is 0 Å². The van der Waals surface area contributed by atoms with Crippen LogP contribution in [0.1, 0.15) is 28.8 Å². The molecule has 0 amide bonds. The zero-order valence-electron chi connectivity index (χ0n) is 9.44. The van der Waals surface area contributed by atoms with E-state index in [1.54, 1.807) is 11.1 Å². The number of nitrogens with two attached hydrogens (primary N) is 2. The normalized spacial score (nSPS) is 14.9. The number of rotatable bonds is 4. The minimum Gasteiger partial charge on any atom is -0.397 e. The van der Waals surface area contributed by atoms with Crippen LogP contribution >= 0.6 is 0 Å². The van der Waals surface area contributed by atoms with Crippen molar-refractivity contribution in [3.8, 4) is 0 Å². The van der Waals surface area contributed by atoms with Crippen molar-refractivity contribution in [1.29, 1.82) is 0 Å². The van der Waals surface area contributed by atoms with Crippen LogP contribution in [0.4, 0.5) is 11.4 Å². The molecule has 2 rings (SSSR count). The standard InChI is InChI=1S/C12H17N3O/c1-8-10(7-16)4-5-11(12(8)13)15(14)6-9-2-3-9/h4-5,7,9H,2-3,6,13-14H2,1H3. The average molecular weight is 219 g/mol. The van der Waals surface area contributed by atoms with Crippen LogP contribution in [-0.4, -0.2) is 12.8 Å². The summed E-state index contributed by atoms with van der Waals surface area (Å²) in [6.45, 7) is 2.68. The van der Waals surface area contributed by atoms with E-state index in [1.807, 2.05) is 13.0 Å². The molecule has 0 unspecified atom stereocenters. The van der Waals surface area contributed by atoms with Gasteiger partial charge in [0.25, 0.3) is 0 Å². The Kier molecular flexibility index (Phi) is 2.83. The SMILES string of the molecule is Cc1c(C=O)ccc(N(N)CC2CC2)c1N. The first kappa shape index (κ1) is 11.0. The van der Waals surface area contributed by atoms with Crippen molar-refractivity contribution in [2.24, 2.45) is 11.8 Å². The molecule has 0 heterocycles. The number of benzene rings is 1. The van der Waals surface area contributed by atoms with Gasteiger partial charge < -0.3 is 10.7 Å². The van der Waals surface area contributed by atoms with Crippen molar-refractivity contribution >= 4 is 17.7 Å². The van der Waals surface area contributed by atoms with Crippen LogP contribution in [0.5, 0.6) is 0 Å². The first-order valence-electron chi connectivity index (χ1n) is 5.50. The van der Waals surface area contributed by atoms with Crippen molar-refractivity contribution in [2.75, 3.05) is 17.3 Å². The quantitative estimate of drug-likeness (QED) is 0.348. The van der Waals surface area contributed by atoms with Gasteiger partial charge in [-0.25, -0.2) is 5.84 Å². The van der Waals surface area contributed by atoms with Gasteiger partial charge in [0, 0.05) is 12.1 Å². The number of hydrazine groups is 1. The molecule has 4 N–H and O–H groups in total.